The molecule has 3 aromatic carbocycles. The Labute approximate surface area is 190 Å². The topological polar surface area (TPSA) is 57.8 Å². The van der Waals surface area contributed by atoms with E-state index in [1.165, 1.54) is 12.1 Å². The number of halogens is 2. The highest BCUT2D eigenvalue weighted by molar-refractivity contribution is 6.31. The van der Waals surface area contributed by atoms with E-state index in [1.807, 2.05) is 54.1 Å². The highest BCUT2D eigenvalue weighted by Crippen LogP contribution is 2.23. The fourth-order valence-corrected chi connectivity index (χ4v) is 3.68. The van der Waals surface area contributed by atoms with Crippen LogP contribution in [0.3, 0.4) is 0 Å². The van der Waals surface area contributed by atoms with E-state index in [0.29, 0.717) is 17.3 Å². The number of aryl methyl sites for hydroxylation is 1. The van der Waals surface area contributed by atoms with Crippen LogP contribution in [0.15, 0.2) is 78.5 Å². The first-order valence-electron chi connectivity index (χ1n) is 9.95. The third-order valence-electron chi connectivity index (χ3n) is 5.16. The Hall–Kier alpha value is -3.88. The number of hydrogen-bond donors (Lipinski definition) is 1. The molecule has 1 heterocycles. The molecule has 6 heteroatoms. The quantitative estimate of drug-likeness (QED) is 0.289. The van der Waals surface area contributed by atoms with Crippen molar-refractivity contribution in [2.24, 2.45) is 0 Å². The average Bonchev–Trinajstić information content (AvgIpc) is 3.16. The maximum Gasteiger partial charge on any atom is 0.266 e. The molecular weight excluding hydrogens is 425 g/mol. The standard InChI is InChI=1S/C26H19ClFN3O/c1-17-5-7-22(27)14-24(17)30-26(32)21(15-29)12-18-6-8-25-20(11-18)9-10-31(25)16-19-3-2-4-23(28)13-19/h2-14H,16H2,1H3,(H,30,32)/b21-12+. The number of nitrogens with zero attached hydrogens (tertiary/aromatic N) is 2. The van der Waals surface area contributed by atoms with Crippen molar-refractivity contribution >= 4 is 40.2 Å². The summed E-state index contributed by atoms with van der Waals surface area (Å²) in [4.78, 5) is 12.6. The molecular formula is C26H19ClFN3O. The van der Waals surface area contributed by atoms with Crippen LogP contribution in [0.25, 0.3) is 17.0 Å². The van der Waals surface area contributed by atoms with Crippen molar-refractivity contribution in [3.8, 4) is 6.07 Å². The number of anilines is 1. The van der Waals surface area contributed by atoms with Crippen LogP contribution in [0.5, 0.6) is 0 Å². The third-order valence-corrected chi connectivity index (χ3v) is 5.40. The lowest BCUT2D eigenvalue weighted by Crippen LogP contribution is -2.14. The predicted octanol–water partition coefficient (Wildman–Crippen LogP) is 6.34. The number of benzene rings is 3. The second-order valence-electron chi connectivity index (χ2n) is 7.47. The molecule has 4 rings (SSSR count). The van der Waals surface area contributed by atoms with Gasteiger partial charge < -0.3 is 9.88 Å². The number of nitrogens with one attached hydrogen (secondary N) is 1. The summed E-state index contributed by atoms with van der Waals surface area (Å²) in [5.74, 6) is -0.761. The minimum Gasteiger partial charge on any atom is -0.343 e. The van der Waals surface area contributed by atoms with Crippen LogP contribution < -0.4 is 5.32 Å². The van der Waals surface area contributed by atoms with Gasteiger partial charge in [0.25, 0.3) is 5.91 Å². The van der Waals surface area contributed by atoms with Gasteiger partial charge in [-0.2, -0.15) is 5.26 Å². The van der Waals surface area contributed by atoms with Gasteiger partial charge in [-0.1, -0.05) is 35.9 Å². The largest absolute Gasteiger partial charge is 0.343 e. The summed E-state index contributed by atoms with van der Waals surface area (Å²) in [6.07, 6.45) is 3.49. The van der Waals surface area contributed by atoms with Crippen molar-refractivity contribution in [2.75, 3.05) is 5.32 Å². The fraction of sp³-hybridized carbons (Fsp3) is 0.0769. The Kier molecular flexibility index (Phi) is 6.07. The summed E-state index contributed by atoms with van der Waals surface area (Å²) >= 11 is 6.01. The Bertz CT molecular complexity index is 1400. The molecule has 1 amide bonds. The van der Waals surface area contributed by atoms with E-state index in [0.717, 1.165) is 27.6 Å². The van der Waals surface area contributed by atoms with Crippen LogP contribution in [0.2, 0.25) is 5.02 Å². The third kappa shape index (κ3) is 4.72. The molecule has 32 heavy (non-hydrogen) atoms. The molecule has 1 aromatic heterocycles. The number of rotatable bonds is 5. The van der Waals surface area contributed by atoms with Gasteiger partial charge in [0.05, 0.1) is 0 Å². The van der Waals surface area contributed by atoms with Gasteiger partial charge in [-0.05, 0) is 72.2 Å². The van der Waals surface area contributed by atoms with Crippen LogP contribution in [-0.4, -0.2) is 10.5 Å². The van der Waals surface area contributed by atoms with E-state index < -0.39 is 5.91 Å². The van der Waals surface area contributed by atoms with Gasteiger partial charge in [-0.25, -0.2) is 4.39 Å². The normalized spacial score (nSPS) is 11.4. The molecule has 4 nitrogen and oxygen atoms in total. The van der Waals surface area contributed by atoms with Crippen molar-refractivity contribution < 1.29 is 9.18 Å². The van der Waals surface area contributed by atoms with Crippen molar-refractivity contribution in [1.29, 1.82) is 5.26 Å². The van der Waals surface area contributed by atoms with Crippen LogP contribution in [0.4, 0.5) is 10.1 Å². The van der Waals surface area contributed by atoms with E-state index >= 15 is 0 Å². The van der Waals surface area contributed by atoms with E-state index in [-0.39, 0.29) is 11.4 Å². The molecule has 0 atom stereocenters. The lowest BCUT2D eigenvalue weighted by atomic mass is 10.1. The molecule has 0 saturated heterocycles. The monoisotopic (exact) mass is 443 g/mol. The summed E-state index contributed by atoms with van der Waals surface area (Å²) < 4.78 is 15.5. The molecule has 0 aliphatic heterocycles. The molecule has 0 aliphatic carbocycles. The number of aromatic nitrogens is 1. The summed E-state index contributed by atoms with van der Waals surface area (Å²) in [5, 5.41) is 13.7. The summed E-state index contributed by atoms with van der Waals surface area (Å²) in [5.41, 5.74) is 3.98. The number of carbonyl (C=O) groups excluding carboxylic acids is 1. The number of nitriles is 1. The highest BCUT2D eigenvalue weighted by atomic mass is 35.5. The van der Waals surface area contributed by atoms with Crippen molar-refractivity contribution in [1.82, 2.24) is 4.57 Å². The first-order valence-corrected chi connectivity index (χ1v) is 10.3. The number of hydrogen-bond acceptors (Lipinski definition) is 2. The molecule has 0 unspecified atom stereocenters. The molecule has 0 bridgehead atoms. The summed E-state index contributed by atoms with van der Waals surface area (Å²) in [6.45, 7) is 2.39. The number of fused-ring (bicyclic) bond motifs is 1. The first-order chi connectivity index (χ1) is 15.4. The van der Waals surface area contributed by atoms with Gasteiger partial charge >= 0.3 is 0 Å². The molecule has 0 aliphatic rings. The van der Waals surface area contributed by atoms with Crippen molar-refractivity contribution in [2.45, 2.75) is 13.5 Å². The highest BCUT2D eigenvalue weighted by Gasteiger charge is 2.12. The molecule has 0 spiro atoms. The van der Waals surface area contributed by atoms with Gasteiger partial charge in [-0.3, -0.25) is 4.79 Å². The molecule has 4 aromatic rings. The molecule has 0 radical (unpaired) electrons. The van der Waals surface area contributed by atoms with E-state index in [1.54, 1.807) is 30.3 Å². The molecule has 0 saturated carbocycles. The second-order valence-corrected chi connectivity index (χ2v) is 7.91. The summed E-state index contributed by atoms with van der Waals surface area (Å²) in [6, 6.07) is 21.3. The van der Waals surface area contributed by atoms with Crippen LogP contribution >= 0.6 is 11.6 Å². The zero-order valence-corrected chi connectivity index (χ0v) is 18.0. The second kappa shape index (κ2) is 9.09. The fourth-order valence-electron chi connectivity index (χ4n) is 3.51. The Balaban J connectivity index is 1.57. The van der Waals surface area contributed by atoms with Gasteiger partial charge in [0.15, 0.2) is 0 Å². The summed E-state index contributed by atoms with van der Waals surface area (Å²) in [7, 11) is 0. The van der Waals surface area contributed by atoms with Crippen LogP contribution in [0, 0.1) is 24.1 Å². The Morgan fingerprint density at radius 1 is 1.16 bits per heavy atom. The SMILES string of the molecule is Cc1ccc(Cl)cc1NC(=O)/C(C#N)=C/c1ccc2c(ccn2Cc2cccc(F)c2)c1. The molecule has 0 fully saturated rings. The van der Waals surface area contributed by atoms with Crippen LogP contribution in [0.1, 0.15) is 16.7 Å². The smallest absolute Gasteiger partial charge is 0.266 e. The Morgan fingerprint density at radius 2 is 2.00 bits per heavy atom. The zero-order valence-electron chi connectivity index (χ0n) is 17.3. The van der Waals surface area contributed by atoms with Crippen LogP contribution in [-0.2, 0) is 11.3 Å². The van der Waals surface area contributed by atoms with E-state index in [2.05, 4.69) is 5.32 Å². The van der Waals surface area contributed by atoms with Gasteiger partial charge in [0.1, 0.15) is 17.5 Å². The molecule has 1 N–H and O–H groups in total. The Morgan fingerprint density at radius 3 is 2.78 bits per heavy atom. The van der Waals surface area contributed by atoms with Crippen molar-refractivity contribution in [3.63, 3.8) is 0 Å². The predicted molar refractivity (Wildman–Crippen MR) is 126 cm³/mol. The maximum absolute atomic E-state index is 13.5. The van der Waals surface area contributed by atoms with Gasteiger partial charge in [0, 0.05) is 34.4 Å². The number of amides is 1. The van der Waals surface area contributed by atoms with Gasteiger partial charge in [-0.15, -0.1) is 0 Å². The lowest BCUT2D eigenvalue weighted by Gasteiger charge is -2.08. The van der Waals surface area contributed by atoms with E-state index in [4.69, 9.17) is 11.6 Å². The lowest BCUT2D eigenvalue weighted by molar-refractivity contribution is -0.112. The maximum atomic E-state index is 13.5. The van der Waals surface area contributed by atoms with Gasteiger partial charge in [0.2, 0.25) is 0 Å². The zero-order chi connectivity index (χ0) is 22.7. The first kappa shape index (κ1) is 21.4. The molecule has 158 valence electrons. The van der Waals surface area contributed by atoms with E-state index in [9.17, 15) is 14.4 Å². The van der Waals surface area contributed by atoms with Crippen molar-refractivity contribution in [3.05, 3.63) is 106 Å². The minimum absolute atomic E-state index is 0.0112. The minimum atomic E-state index is -0.498. The average molecular weight is 444 g/mol. The number of carbonyl (C=O) groups is 1.